The van der Waals surface area contributed by atoms with Crippen molar-refractivity contribution in [3.8, 4) is 0 Å². The minimum Gasteiger partial charge on any atom is -0.323 e. The van der Waals surface area contributed by atoms with E-state index in [9.17, 15) is 0 Å². The van der Waals surface area contributed by atoms with Gasteiger partial charge in [-0.05, 0) is 51.2 Å². The van der Waals surface area contributed by atoms with E-state index in [0.717, 1.165) is 21.3 Å². The lowest BCUT2D eigenvalue weighted by atomic mass is 9.98. The third-order valence-electron chi connectivity index (χ3n) is 4.41. The molecule has 0 spiro atoms. The Balaban J connectivity index is 1.76. The average molecular weight is 396 g/mol. The predicted octanol–water partition coefficient (Wildman–Crippen LogP) is 4.62. The number of allylic oxidation sites excluding steroid dienone is 1. The molecule has 2 aromatic carbocycles. The van der Waals surface area contributed by atoms with Gasteiger partial charge >= 0.3 is 0 Å². The fourth-order valence-electron chi connectivity index (χ4n) is 3.00. The van der Waals surface area contributed by atoms with Crippen LogP contribution in [-0.2, 0) is 0 Å². The number of nitrogens with zero attached hydrogens (tertiary/aromatic N) is 4. The Kier molecular flexibility index (Phi) is 4.13. The second kappa shape index (κ2) is 6.44. The Morgan fingerprint density at radius 2 is 1.92 bits per heavy atom. The summed E-state index contributed by atoms with van der Waals surface area (Å²) in [4.78, 5) is 0. The third kappa shape index (κ3) is 3.09. The van der Waals surface area contributed by atoms with E-state index >= 15 is 0 Å². The smallest absolute Gasteiger partial charge is 0.248 e. The Morgan fingerprint density at radius 3 is 2.64 bits per heavy atom. The Labute approximate surface area is 154 Å². The molecule has 1 aliphatic rings. The number of halogens is 1. The molecule has 4 rings (SSSR count). The predicted molar refractivity (Wildman–Crippen MR) is 102 cm³/mol. The normalized spacial score (nSPS) is 16.3. The molecule has 1 N–H and O–H groups in total. The number of hydrogen-bond donors (Lipinski definition) is 1. The lowest BCUT2D eigenvalue weighted by Gasteiger charge is -2.23. The lowest BCUT2D eigenvalue weighted by molar-refractivity contribution is 0.585. The van der Waals surface area contributed by atoms with Crippen LogP contribution in [0.5, 0.6) is 0 Å². The fraction of sp³-hybridized carbons (Fsp3) is 0.211. The molecule has 0 saturated carbocycles. The maximum absolute atomic E-state index is 4.14. The van der Waals surface area contributed by atoms with Crippen LogP contribution in [0.15, 0.2) is 59.1 Å². The van der Waals surface area contributed by atoms with Gasteiger partial charge < -0.3 is 5.32 Å². The number of tetrazole rings is 1. The average Bonchev–Trinajstić information content (AvgIpc) is 3.09. The summed E-state index contributed by atoms with van der Waals surface area (Å²) in [6, 6.07) is 16.8. The monoisotopic (exact) mass is 395 g/mol. The van der Waals surface area contributed by atoms with E-state index in [-0.39, 0.29) is 6.04 Å². The molecular formula is C19H18BrN5. The van der Waals surface area contributed by atoms with Crippen LogP contribution in [0.3, 0.4) is 0 Å². The summed E-state index contributed by atoms with van der Waals surface area (Å²) < 4.78 is 2.84. The summed E-state index contributed by atoms with van der Waals surface area (Å²) in [6.07, 6.45) is 2.16. The van der Waals surface area contributed by atoms with Gasteiger partial charge in [0.05, 0.1) is 0 Å². The summed E-state index contributed by atoms with van der Waals surface area (Å²) in [5.74, 6) is 1.17. The molecule has 1 atom stereocenters. The number of aromatic nitrogens is 4. The highest BCUT2D eigenvalue weighted by Gasteiger charge is 2.24. The molecule has 0 bridgehead atoms. The SMILES string of the molecule is CC(C)c1ccc(C2=C[C@@H](c3cccc(Br)c3)n3nnnc3N2)cc1. The van der Waals surface area contributed by atoms with Crippen LogP contribution in [0.2, 0.25) is 0 Å². The van der Waals surface area contributed by atoms with Gasteiger partial charge in [0.2, 0.25) is 5.95 Å². The van der Waals surface area contributed by atoms with Crippen LogP contribution in [-0.4, -0.2) is 20.2 Å². The van der Waals surface area contributed by atoms with Crippen LogP contribution in [0.4, 0.5) is 5.95 Å². The molecule has 25 heavy (non-hydrogen) atoms. The largest absolute Gasteiger partial charge is 0.323 e. The van der Waals surface area contributed by atoms with Gasteiger partial charge in [0.15, 0.2) is 0 Å². The highest BCUT2D eigenvalue weighted by Crippen LogP contribution is 2.32. The number of benzene rings is 2. The van der Waals surface area contributed by atoms with Crippen LogP contribution in [0.25, 0.3) is 5.70 Å². The minimum absolute atomic E-state index is 0.0523. The number of nitrogens with one attached hydrogen (secondary N) is 1. The summed E-state index contributed by atoms with van der Waals surface area (Å²) in [5.41, 5.74) is 4.59. The molecule has 5 nitrogen and oxygen atoms in total. The van der Waals surface area contributed by atoms with Crippen molar-refractivity contribution in [1.29, 1.82) is 0 Å². The molecule has 0 radical (unpaired) electrons. The van der Waals surface area contributed by atoms with Crippen molar-refractivity contribution in [1.82, 2.24) is 20.2 Å². The first-order valence-electron chi connectivity index (χ1n) is 8.24. The van der Waals surface area contributed by atoms with Gasteiger partial charge in [0, 0.05) is 10.2 Å². The molecule has 0 aliphatic carbocycles. The van der Waals surface area contributed by atoms with E-state index in [1.54, 1.807) is 4.68 Å². The first-order chi connectivity index (χ1) is 12.1. The van der Waals surface area contributed by atoms with Crippen molar-refractivity contribution in [3.05, 3.63) is 75.8 Å². The zero-order chi connectivity index (χ0) is 17.4. The lowest BCUT2D eigenvalue weighted by Crippen LogP contribution is -2.20. The molecule has 3 aromatic rings. The molecule has 1 aromatic heterocycles. The third-order valence-corrected chi connectivity index (χ3v) is 4.90. The number of rotatable bonds is 3. The topological polar surface area (TPSA) is 55.6 Å². The second-order valence-electron chi connectivity index (χ2n) is 6.43. The molecule has 0 unspecified atom stereocenters. The maximum atomic E-state index is 4.14. The standard InChI is InChI=1S/C19H18BrN5/c1-12(2)13-6-8-14(9-7-13)17-11-18(15-4-3-5-16(20)10-15)25-19(21-17)22-23-24-25/h3-12,18H,1-2H3,(H,21,22,24)/t18-/m0/s1. The van der Waals surface area contributed by atoms with E-state index in [1.165, 1.54) is 5.56 Å². The summed E-state index contributed by atoms with van der Waals surface area (Å²) in [6.45, 7) is 4.40. The number of anilines is 1. The van der Waals surface area contributed by atoms with Crippen molar-refractivity contribution in [3.63, 3.8) is 0 Å². The van der Waals surface area contributed by atoms with Crippen LogP contribution in [0.1, 0.15) is 42.5 Å². The van der Waals surface area contributed by atoms with Crippen LogP contribution >= 0.6 is 15.9 Å². The molecule has 1 aliphatic heterocycles. The van der Waals surface area contributed by atoms with Gasteiger partial charge in [0.1, 0.15) is 6.04 Å². The van der Waals surface area contributed by atoms with Crippen LogP contribution < -0.4 is 5.32 Å². The molecular weight excluding hydrogens is 378 g/mol. The fourth-order valence-corrected chi connectivity index (χ4v) is 3.41. The van der Waals surface area contributed by atoms with Gasteiger partial charge in [-0.3, -0.25) is 0 Å². The van der Waals surface area contributed by atoms with Gasteiger partial charge in [-0.15, -0.1) is 0 Å². The summed E-state index contributed by atoms with van der Waals surface area (Å²) >= 11 is 3.54. The van der Waals surface area contributed by atoms with Crippen molar-refractivity contribution in [2.75, 3.05) is 5.32 Å². The summed E-state index contributed by atoms with van der Waals surface area (Å²) in [5, 5.41) is 15.4. The van der Waals surface area contributed by atoms with Crippen molar-refractivity contribution < 1.29 is 0 Å². The first kappa shape index (κ1) is 16.0. The van der Waals surface area contributed by atoms with Gasteiger partial charge in [-0.25, -0.2) is 0 Å². The summed E-state index contributed by atoms with van der Waals surface area (Å²) in [7, 11) is 0. The quantitative estimate of drug-likeness (QED) is 0.702. The van der Waals surface area contributed by atoms with Gasteiger partial charge in [-0.1, -0.05) is 71.3 Å². The highest BCUT2D eigenvalue weighted by molar-refractivity contribution is 9.10. The Hall–Kier alpha value is -2.47. The van der Waals surface area contributed by atoms with E-state index in [4.69, 9.17) is 0 Å². The van der Waals surface area contributed by atoms with Gasteiger partial charge in [-0.2, -0.15) is 4.68 Å². The van der Waals surface area contributed by atoms with E-state index in [2.05, 4.69) is 93.1 Å². The second-order valence-corrected chi connectivity index (χ2v) is 7.34. The molecule has 2 heterocycles. The van der Waals surface area contributed by atoms with E-state index < -0.39 is 0 Å². The molecule has 0 amide bonds. The zero-order valence-electron chi connectivity index (χ0n) is 14.0. The Bertz CT molecular complexity index is 927. The van der Waals surface area contributed by atoms with Crippen molar-refractivity contribution >= 4 is 27.6 Å². The number of hydrogen-bond acceptors (Lipinski definition) is 4. The van der Waals surface area contributed by atoms with Gasteiger partial charge in [0.25, 0.3) is 0 Å². The van der Waals surface area contributed by atoms with E-state index in [0.29, 0.717) is 11.9 Å². The maximum Gasteiger partial charge on any atom is 0.248 e. The highest BCUT2D eigenvalue weighted by atomic mass is 79.9. The minimum atomic E-state index is -0.0523. The Morgan fingerprint density at radius 1 is 1.12 bits per heavy atom. The van der Waals surface area contributed by atoms with E-state index in [1.807, 2.05) is 12.1 Å². The molecule has 0 fully saturated rings. The molecule has 126 valence electrons. The number of fused-ring (bicyclic) bond motifs is 1. The van der Waals surface area contributed by atoms with Crippen LogP contribution in [0, 0.1) is 0 Å². The first-order valence-corrected chi connectivity index (χ1v) is 9.03. The van der Waals surface area contributed by atoms with Crippen molar-refractivity contribution in [2.24, 2.45) is 0 Å². The van der Waals surface area contributed by atoms with Crippen molar-refractivity contribution in [2.45, 2.75) is 25.8 Å². The molecule has 6 heteroatoms. The zero-order valence-corrected chi connectivity index (χ0v) is 15.6. The molecule has 0 saturated heterocycles.